The van der Waals surface area contributed by atoms with E-state index in [1.165, 1.54) is 6.07 Å². The zero-order valence-corrected chi connectivity index (χ0v) is 14.1. The summed E-state index contributed by atoms with van der Waals surface area (Å²) in [6.07, 6.45) is -6.16. The third kappa shape index (κ3) is 2.47. The molecular weight excluding hydrogens is 376 g/mol. The second-order valence-electron chi connectivity index (χ2n) is 6.21. The lowest BCUT2D eigenvalue weighted by molar-refractivity contribution is -0.234. The fraction of sp³-hybridized carbons (Fsp3) is 0.562. The second-order valence-corrected chi connectivity index (χ2v) is 6.21. The highest BCUT2D eigenvalue weighted by Crippen LogP contribution is 2.48. The smallest absolute Gasteiger partial charge is 0.342 e. The van der Waals surface area contributed by atoms with Crippen molar-refractivity contribution in [2.75, 3.05) is 13.2 Å². The van der Waals surface area contributed by atoms with Crippen molar-refractivity contribution in [3.8, 4) is 6.07 Å². The van der Waals surface area contributed by atoms with E-state index in [2.05, 4.69) is 4.94 Å². The van der Waals surface area contributed by atoms with Gasteiger partial charge in [0.05, 0.1) is 18.9 Å². The Bertz CT molecular complexity index is 883. The molecule has 1 fully saturated rings. The van der Waals surface area contributed by atoms with Gasteiger partial charge in [-0.1, -0.05) is 6.92 Å². The van der Waals surface area contributed by atoms with Gasteiger partial charge in [0.1, 0.15) is 11.6 Å². The van der Waals surface area contributed by atoms with Crippen LogP contribution in [0.5, 0.6) is 0 Å². The van der Waals surface area contributed by atoms with Crippen LogP contribution in [0.1, 0.15) is 36.6 Å². The van der Waals surface area contributed by atoms with Crippen LogP contribution in [0.25, 0.3) is 0 Å². The van der Waals surface area contributed by atoms with Crippen LogP contribution in [-0.4, -0.2) is 29.9 Å². The van der Waals surface area contributed by atoms with Gasteiger partial charge in [-0.05, 0) is 12.5 Å². The molecule has 27 heavy (non-hydrogen) atoms. The molecule has 2 aliphatic heterocycles. The molecule has 0 aromatic carbocycles. The lowest BCUT2D eigenvalue weighted by atomic mass is 9.75. The summed E-state index contributed by atoms with van der Waals surface area (Å²) in [7, 11) is 0. The largest absolute Gasteiger partial charge is 0.409 e. The van der Waals surface area contributed by atoms with Crippen LogP contribution in [0.15, 0.2) is 10.9 Å². The summed E-state index contributed by atoms with van der Waals surface area (Å²) in [5.74, 6) is -3.69. The molecule has 11 heteroatoms. The molecule has 1 aromatic rings. The molecule has 7 nitrogen and oxygen atoms in total. The average Bonchev–Trinajstić information content (AvgIpc) is 3.23. The molecule has 0 amide bonds. The Hall–Kier alpha value is -2.45. The SMILES string of the molecule is CCC(C(=O)OF)(c1cc2n(c(=O)c1C#N)CCC21OCCO1)C(F)(F)F. The number of hydrogen-bond acceptors (Lipinski definition) is 6. The third-order valence-corrected chi connectivity index (χ3v) is 5.11. The van der Waals surface area contributed by atoms with Gasteiger partial charge in [0.2, 0.25) is 5.79 Å². The first-order chi connectivity index (χ1) is 12.7. The lowest BCUT2D eigenvalue weighted by Crippen LogP contribution is -2.51. The molecule has 1 aromatic heterocycles. The fourth-order valence-corrected chi connectivity index (χ4v) is 3.74. The maximum absolute atomic E-state index is 13.9. The zero-order chi connectivity index (χ0) is 20.0. The van der Waals surface area contributed by atoms with Gasteiger partial charge in [0, 0.05) is 23.1 Å². The molecule has 0 aliphatic carbocycles. The number of nitriles is 1. The molecular formula is C16H14F4N2O5. The molecule has 0 bridgehead atoms. The molecule has 1 spiro atoms. The van der Waals surface area contributed by atoms with Gasteiger partial charge in [-0.25, -0.2) is 4.79 Å². The van der Waals surface area contributed by atoms with Crippen molar-refractivity contribution < 1.29 is 36.9 Å². The summed E-state index contributed by atoms with van der Waals surface area (Å²) in [5.41, 5.74) is -6.48. The maximum atomic E-state index is 13.9. The summed E-state index contributed by atoms with van der Waals surface area (Å²) in [6, 6.07) is 2.29. The van der Waals surface area contributed by atoms with Gasteiger partial charge in [-0.2, -0.15) is 18.4 Å². The first-order valence-electron chi connectivity index (χ1n) is 8.05. The zero-order valence-electron chi connectivity index (χ0n) is 14.1. The van der Waals surface area contributed by atoms with E-state index in [0.29, 0.717) is 0 Å². The highest BCUT2D eigenvalue weighted by molar-refractivity contribution is 5.85. The summed E-state index contributed by atoms with van der Waals surface area (Å²) in [6.45, 7) is 1.36. The second kappa shape index (κ2) is 6.31. The van der Waals surface area contributed by atoms with Crippen molar-refractivity contribution in [3.05, 3.63) is 33.2 Å². The maximum Gasteiger partial charge on any atom is 0.409 e. The monoisotopic (exact) mass is 390 g/mol. The van der Waals surface area contributed by atoms with Gasteiger partial charge in [0.15, 0.2) is 5.41 Å². The molecule has 0 N–H and O–H groups in total. The van der Waals surface area contributed by atoms with Crippen molar-refractivity contribution in [1.82, 2.24) is 4.57 Å². The van der Waals surface area contributed by atoms with Gasteiger partial charge < -0.3 is 14.0 Å². The van der Waals surface area contributed by atoms with E-state index in [-0.39, 0.29) is 31.9 Å². The van der Waals surface area contributed by atoms with Crippen LogP contribution in [0.4, 0.5) is 17.7 Å². The number of halogens is 4. The molecule has 3 heterocycles. The number of nitrogens with zero attached hydrogens (tertiary/aromatic N) is 2. The molecule has 146 valence electrons. The number of carbonyl (C=O) groups is 1. The van der Waals surface area contributed by atoms with Crippen LogP contribution in [0.3, 0.4) is 0 Å². The van der Waals surface area contributed by atoms with Crippen molar-refractivity contribution in [2.24, 2.45) is 0 Å². The Morgan fingerprint density at radius 1 is 1.41 bits per heavy atom. The number of ether oxygens (including phenoxy) is 2. The summed E-state index contributed by atoms with van der Waals surface area (Å²) >= 11 is 0. The Balaban J connectivity index is 2.39. The number of aromatic nitrogens is 1. The van der Waals surface area contributed by atoms with Crippen LogP contribution < -0.4 is 5.56 Å². The van der Waals surface area contributed by atoms with Gasteiger partial charge >= 0.3 is 12.1 Å². The van der Waals surface area contributed by atoms with Gasteiger partial charge in [-0.15, -0.1) is 0 Å². The van der Waals surface area contributed by atoms with Crippen molar-refractivity contribution in [1.29, 1.82) is 5.26 Å². The van der Waals surface area contributed by atoms with E-state index < -0.39 is 46.5 Å². The molecule has 1 saturated heterocycles. The topological polar surface area (TPSA) is 90.6 Å². The Kier molecular flexibility index (Phi) is 4.52. The average molecular weight is 390 g/mol. The molecule has 1 unspecified atom stereocenters. The van der Waals surface area contributed by atoms with E-state index in [9.17, 15) is 32.5 Å². The highest BCUT2D eigenvalue weighted by atomic mass is 19.4. The minimum absolute atomic E-state index is 0.0484. The predicted octanol–water partition coefficient (Wildman–Crippen LogP) is 1.96. The number of hydrogen-bond donors (Lipinski definition) is 0. The van der Waals surface area contributed by atoms with E-state index in [1.807, 2.05) is 0 Å². The fourth-order valence-electron chi connectivity index (χ4n) is 3.74. The quantitative estimate of drug-likeness (QED) is 0.733. The molecule has 0 saturated carbocycles. The van der Waals surface area contributed by atoms with Gasteiger partial charge in [-0.3, -0.25) is 9.74 Å². The van der Waals surface area contributed by atoms with Crippen LogP contribution in [0, 0.1) is 11.3 Å². The summed E-state index contributed by atoms with van der Waals surface area (Å²) < 4.78 is 66.4. The minimum Gasteiger partial charge on any atom is -0.342 e. The Morgan fingerprint density at radius 2 is 2.04 bits per heavy atom. The van der Waals surface area contributed by atoms with Crippen LogP contribution >= 0.6 is 0 Å². The highest BCUT2D eigenvalue weighted by Gasteiger charge is 2.64. The lowest BCUT2D eigenvalue weighted by Gasteiger charge is -2.32. The molecule has 2 aliphatic rings. The standard InChI is InChI=1S/C16H14F4N2O5/c1-2-14(13(24)27-20,16(17,18)19)10-7-11-15(25-5-6-26-15)3-4-22(11)12(23)9(10)8-21/h7H,2-6H2,1H3. The van der Waals surface area contributed by atoms with E-state index in [4.69, 9.17) is 9.47 Å². The number of alkyl halides is 3. The Labute approximate surface area is 149 Å². The molecule has 0 radical (unpaired) electrons. The third-order valence-electron chi connectivity index (χ3n) is 5.11. The minimum atomic E-state index is -5.33. The number of fused-ring (bicyclic) bond motifs is 2. The predicted molar refractivity (Wildman–Crippen MR) is 78.8 cm³/mol. The normalized spacial score (nSPS) is 20.1. The van der Waals surface area contributed by atoms with Crippen molar-refractivity contribution in [2.45, 2.75) is 43.7 Å². The molecule has 1 atom stereocenters. The number of rotatable bonds is 3. The first-order valence-corrected chi connectivity index (χ1v) is 8.05. The summed E-state index contributed by atoms with van der Waals surface area (Å²) in [4.78, 5) is 27.5. The molecule has 3 rings (SSSR count). The summed E-state index contributed by atoms with van der Waals surface area (Å²) in [5, 5.41) is 9.33. The van der Waals surface area contributed by atoms with E-state index >= 15 is 0 Å². The number of carbonyl (C=O) groups excluding carboxylic acids is 1. The van der Waals surface area contributed by atoms with Gasteiger partial charge in [0.25, 0.3) is 5.56 Å². The van der Waals surface area contributed by atoms with E-state index in [1.54, 1.807) is 0 Å². The van der Waals surface area contributed by atoms with E-state index in [0.717, 1.165) is 17.6 Å². The van der Waals surface area contributed by atoms with Crippen molar-refractivity contribution in [3.63, 3.8) is 0 Å². The first kappa shape index (κ1) is 19.3. The number of pyridine rings is 1. The van der Waals surface area contributed by atoms with Crippen LogP contribution in [0.2, 0.25) is 0 Å². The van der Waals surface area contributed by atoms with Crippen molar-refractivity contribution >= 4 is 5.97 Å². The van der Waals surface area contributed by atoms with Crippen LogP contribution in [-0.2, 0) is 37.0 Å². The Morgan fingerprint density at radius 3 is 2.52 bits per heavy atom.